The molecular weight excluding hydrogens is 412 g/mol. The van der Waals surface area contributed by atoms with Gasteiger partial charge in [0, 0.05) is 23.8 Å². The van der Waals surface area contributed by atoms with E-state index in [1.807, 2.05) is 73.1 Å². The van der Waals surface area contributed by atoms with Gasteiger partial charge in [-0.1, -0.05) is 23.4 Å². The maximum atomic E-state index is 12.5. The van der Waals surface area contributed by atoms with Gasteiger partial charge < -0.3 is 19.6 Å². The molecule has 1 amide bonds. The first-order chi connectivity index (χ1) is 15.0. The number of hydrogen-bond donors (Lipinski definition) is 2. The predicted molar refractivity (Wildman–Crippen MR) is 120 cm³/mol. The van der Waals surface area contributed by atoms with E-state index in [4.69, 9.17) is 21.5 Å². The molecule has 0 fully saturated rings. The van der Waals surface area contributed by atoms with Crippen LogP contribution in [0.15, 0.2) is 65.4 Å². The minimum atomic E-state index is -0.0980. The normalized spacial score (nSPS) is 10.8. The lowest BCUT2D eigenvalue weighted by Gasteiger charge is -2.09. The Morgan fingerprint density at radius 1 is 1.23 bits per heavy atom. The molecule has 2 aromatic carbocycles. The van der Waals surface area contributed by atoms with Gasteiger partial charge in [0.25, 0.3) is 0 Å². The van der Waals surface area contributed by atoms with Crippen molar-refractivity contribution >= 4 is 23.8 Å². The summed E-state index contributed by atoms with van der Waals surface area (Å²) in [5.74, 6) is 1.38. The zero-order valence-electron chi connectivity index (χ0n) is 17.2. The van der Waals surface area contributed by atoms with Crippen LogP contribution in [0.4, 0.5) is 5.69 Å². The van der Waals surface area contributed by atoms with Crippen LogP contribution < -0.4 is 10.1 Å². The second-order valence-corrected chi connectivity index (χ2v) is 7.53. The maximum absolute atomic E-state index is 12.5. The van der Waals surface area contributed by atoms with Crippen LogP contribution in [0, 0.1) is 18.6 Å². The third-order valence-electron chi connectivity index (χ3n) is 4.91. The van der Waals surface area contributed by atoms with Crippen molar-refractivity contribution in [2.75, 3.05) is 5.32 Å². The van der Waals surface area contributed by atoms with Crippen molar-refractivity contribution in [3.8, 4) is 11.4 Å². The number of amides is 1. The number of aryl methyl sites for hydroxylation is 2. The van der Waals surface area contributed by atoms with Gasteiger partial charge in [-0.25, -0.2) is 0 Å². The highest BCUT2D eigenvalue weighted by atomic mass is 32.1. The molecule has 0 aliphatic carbocycles. The molecule has 158 valence electrons. The molecule has 0 atom stereocenters. The van der Waals surface area contributed by atoms with E-state index in [1.54, 1.807) is 6.20 Å². The van der Waals surface area contributed by atoms with Crippen LogP contribution in [0.2, 0.25) is 0 Å². The Balaban J connectivity index is 1.35. The molecule has 0 unspecified atom stereocenters. The number of ether oxygens (including phenoxy) is 1. The lowest BCUT2D eigenvalue weighted by Crippen LogP contribution is -2.14. The highest BCUT2D eigenvalue weighted by molar-refractivity contribution is 7.71. The first-order valence-corrected chi connectivity index (χ1v) is 10.2. The number of benzene rings is 2. The number of rotatable bonds is 7. The number of imidazole rings is 1. The number of H-pyrrole nitrogens is 1. The quantitative estimate of drug-likeness (QED) is 0.404. The van der Waals surface area contributed by atoms with Gasteiger partial charge in [-0.3, -0.25) is 9.36 Å². The Labute approximate surface area is 184 Å². The standard InChI is InChI=1S/C23H22N4O3S/c1-15-21(16(2)30-26-15)14-29-20-8-6-17(7-9-20)12-22(28)25-18-4-3-5-19(13-18)27-11-10-24-23(27)31/h3-11,13H,12,14H2,1-2H3,(H,24,31)(H,25,28). The summed E-state index contributed by atoms with van der Waals surface area (Å²) in [6.07, 6.45) is 3.88. The monoisotopic (exact) mass is 434 g/mol. The van der Waals surface area contributed by atoms with E-state index in [-0.39, 0.29) is 12.3 Å². The first kappa shape index (κ1) is 20.6. The average molecular weight is 435 g/mol. The highest BCUT2D eigenvalue weighted by Gasteiger charge is 2.10. The van der Waals surface area contributed by atoms with E-state index in [9.17, 15) is 4.79 Å². The summed E-state index contributed by atoms with van der Waals surface area (Å²) in [4.78, 5) is 15.5. The number of aromatic nitrogens is 3. The molecule has 0 spiro atoms. The second-order valence-electron chi connectivity index (χ2n) is 7.15. The topological polar surface area (TPSA) is 85.1 Å². The molecule has 2 aromatic heterocycles. The minimum absolute atomic E-state index is 0.0980. The van der Waals surface area contributed by atoms with Crippen LogP contribution in [-0.2, 0) is 17.8 Å². The van der Waals surface area contributed by atoms with E-state index >= 15 is 0 Å². The van der Waals surface area contributed by atoms with Gasteiger partial charge >= 0.3 is 0 Å². The number of carbonyl (C=O) groups is 1. The summed E-state index contributed by atoms with van der Waals surface area (Å²) >= 11 is 5.25. The number of carbonyl (C=O) groups excluding carboxylic acids is 1. The molecule has 0 aliphatic rings. The molecule has 0 aliphatic heterocycles. The Morgan fingerprint density at radius 2 is 2.03 bits per heavy atom. The zero-order valence-corrected chi connectivity index (χ0v) is 18.0. The zero-order chi connectivity index (χ0) is 21.8. The van der Waals surface area contributed by atoms with Gasteiger partial charge in [0.05, 0.1) is 17.7 Å². The van der Waals surface area contributed by atoms with Crippen molar-refractivity contribution in [2.24, 2.45) is 0 Å². The van der Waals surface area contributed by atoms with Crippen molar-refractivity contribution in [2.45, 2.75) is 26.9 Å². The van der Waals surface area contributed by atoms with Gasteiger partial charge in [0.15, 0.2) is 4.77 Å². The summed E-state index contributed by atoms with van der Waals surface area (Å²) in [7, 11) is 0. The number of aromatic amines is 1. The third-order valence-corrected chi connectivity index (χ3v) is 5.22. The number of nitrogens with zero attached hydrogens (tertiary/aromatic N) is 2. The summed E-state index contributed by atoms with van der Waals surface area (Å²) < 4.78 is 13.4. The molecule has 4 rings (SSSR count). The SMILES string of the molecule is Cc1noc(C)c1COc1ccc(CC(=O)Nc2cccc(-n3cc[nH]c3=S)c2)cc1. The fourth-order valence-electron chi connectivity index (χ4n) is 3.21. The van der Waals surface area contributed by atoms with E-state index in [2.05, 4.69) is 15.5 Å². The molecule has 8 heteroatoms. The molecule has 0 saturated heterocycles. The molecule has 0 bridgehead atoms. The first-order valence-electron chi connectivity index (χ1n) is 9.79. The largest absolute Gasteiger partial charge is 0.489 e. The van der Waals surface area contributed by atoms with Crippen molar-refractivity contribution in [3.05, 3.63) is 88.3 Å². The van der Waals surface area contributed by atoms with Crippen LogP contribution in [0.3, 0.4) is 0 Å². The molecule has 2 N–H and O–H groups in total. The molecular formula is C23H22N4O3S. The summed E-state index contributed by atoms with van der Waals surface area (Å²) in [6.45, 7) is 4.14. The van der Waals surface area contributed by atoms with Gasteiger partial charge in [0.1, 0.15) is 18.1 Å². The van der Waals surface area contributed by atoms with Crippen LogP contribution in [0.1, 0.15) is 22.6 Å². The maximum Gasteiger partial charge on any atom is 0.228 e. The number of hydrogen-bond acceptors (Lipinski definition) is 5. The lowest BCUT2D eigenvalue weighted by molar-refractivity contribution is -0.115. The number of anilines is 1. The fourth-order valence-corrected chi connectivity index (χ4v) is 3.45. The second kappa shape index (κ2) is 9.01. The van der Waals surface area contributed by atoms with Crippen molar-refractivity contribution in [1.82, 2.24) is 14.7 Å². The van der Waals surface area contributed by atoms with Gasteiger partial charge in [-0.05, 0) is 62.0 Å². The Bertz CT molecular complexity index is 1230. The van der Waals surface area contributed by atoms with Crippen LogP contribution >= 0.6 is 12.2 Å². The van der Waals surface area contributed by atoms with Crippen molar-refractivity contribution in [1.29, 1.82) is 0 Å². The van der Waals surface area contributed by atoms with E-state index in [1.165, 1.54) is 0 Å². The minimum Gasteiger partial charge on any atom is -0.489 e. The molecule has 0 radical (unpaired) electrons. The summed E-state index contributed by atoms with van der Waals surface area (Å²) in [5.41, 5.74) is 4.26. The summed E-state index contributed by atoms with van der Waals surface area (Å²) in [5, 5.41) is 6.86. The van der Waals surface area contributed by atoms with Crippen molar-refractivity contribution < 1.29 is 14.1 Å². The van der Waals surface area contributed by atoms with E-state index in [0.29, 0.717) is 17.1 Å². The Morgan fingerprint density at radius 3 is 2.71 bits per heavy atom. The number of nitrogens with one attached hydrogen (secondary N) is 2. The van der Waals surface area contributed by atoms with Gasteiger partial charge in [-0.2, -0.15) is 0 Å². The molecule has 2 heterocycles. The van der Waals surface area contributed by atoms with E-state index in [0.717, 1.165) is 34.0 Å². The predicted octanol–water partition coefficient (Wildman–Crippen LogP) is 4.90. The Kier molecular flexibility index (Phi) is 5.99. The molecule has 4 aromatic rings. The van der Waals surface area contributed by atoms with Crippen LogP contribution in [0.5, 0.6) is 5.75 Å². The van der Waals surface area contributed by atoms with Gasteiger partial charge in [0.2, 0.25) is 5.91 Å². The third kappa shape index (κ3) is 4.92. The van der Waals surface area contributed by atoms with Gasteiger partial charge in [-0.15, -0.1) is 0 Å². The van der Waals surface area contributed by atoms with Crippen LogP contribution in [0.25, 0.3) is 5.69 Å². The molecule has 0 saturated carbocycles. The van der Waals surface area contributed by atoms with E-state index < -0.39 is 0 Å². The van der Waals surface area contributed by atoms with Crippen LogP contribution in [-0.4, -0.2) is 20.6 Å². The van der Waals surface area contributed by atoms with Crippen molar-refractivity contribution in [3.63, 3.8) is 0 Å². The smallest absolute Gasteiger partial charge is 0.228 e. The highest BCUT2D eigenvalue weighted by Crippen LogP contribution is 2.19. The average Bonchev–Trinajstić information content (AvgIpc) is 3.32. The lowest BCUT2D eigenvalue weighted by atomic mass is 10.1. The Hall–Kier alpha value is -3.65. The molecule has 31 heavy (non-hydrogen) atoms. The molecule has 7 nitrogen and oxygen atoms in total. The fraction of sp³-hybridized carbons (Fsp3) is 0.174. The summed E-state index contributed by atoms with van der Waals surface area (Å²) in [6, 6.07) is 15.0.